The van der Waals surface area contributed by atoms with Crippen LogP contribution < -0.4 is 5.32 Å². The van der Waals surface area contributed by atoms with E-state index in [4.69, 9.17) is 0 Å². The molecule has 0 aromatic rings. The van der Waals surface area contributed by atoms with E-state index in [1.807, 2.05) is 13.0 Å². The lowest BCUT2D eigenvalue weighted by atomic mass is 9.72. The molecule has 0 radical (unpaired) electrons. The lowest BCUT2D eigenvalue weighted by Crippen LogP contribution is -2.31. The van der Waals surface area contributed by atoms with Crippen LogP contribution in [-0.4, -0.2) is 19.0 Å². The number of Topliss-reactive ketones (excluding diaryl/α,β-unsaturated/α-hetero) is 1. The van der Waals surface area contributed by atoms with Crippen molar-refractivity contribution in [3.05, 3.63) is 11.8 Å². The van der Waals surface area contributed by atoms with Gasteiger partial charge < -0.3 is 4.74 Å². The molecule has 0 heterocycles. The molecule has 1 N–H and O–H groups in total. The summed E-state index contributed by atoms with van der Waals surface area (Å²) >= 11 is 0. The summed E-state index contributed by atoms with van der Waals surface area (Å²) in [4.78, 5) is 22.8. The van der Waals surface area contributed by atoms with Crippen LogP contribution >= 0.6 is 0 Å². The number of carbonyl (C=O) groups excluding carboxylic acids is 2. The maximum Gasteiger partial charge on any atom is 0.411 e. The zero-order valence-electron chi connectivity index (χ0n) is 10.8. The minimum Gasteiger partial charge on any atom is -0.453 e. The van der Waals surface area contributed by atoms with Crippen LogP contribution in [0, 0.1) is 5.41 Å². The highest BCUT2D eigenvalue weighted by atomic mass is 16.5. The van der Waals surface area contributed by atoms with Crippen molar-refractivity contribution in [3.8, 4) is 0 Å². The monoisotopic (exact) mass is 239 g/mol. The molecule has 4 heteroatoms. The second kappa shape index (κ2) is 5.84. The molecule has 1 saturated carbocycles. The van der Waals surface area contributed by atoms with Crippen molar-refractivity contribution >= 4 is 11.9 Å². The molecular weight excluding hydrogens is 218 g/mol. The minimum atomic E-state index is -0.473. The summed E-state index contributed by atoms with van der Waals surface area (Å²) < 4.78 is 4.50. The van der Waals surface area contributed by atoms with Crippen molar-refractivity contribution < 1.29 is 14.3 Å². The number of rotatable bonds is 3. The first kappa shape index (κ1) is 13.7. The third-order valence-corrected chi connectivity index (χ3v) is 3.40. The molecule has 1 aliphatic rings. The normalized spacial score (nSPS) is 25.6. The van der Waals surface area contributed by atoms with Crippen LogP contribution in [0.4, 0.5) is 4.79 Å². The van der Waals surface area contributed by atoms with Crippen molar-refractivity contribution in [1.82, 2.24) is 5.32 Å². The van der Waals surface area contributed by atoms with Gasteiger partial charge in [0.25, 0.3) is 0 Å². The van der Waals surface area contributed by atoms with E-state index in [2.05, 4.69) is 10.1 Å². The SMILES string of the molecule is COC(=O)N/C(C)=C\CC1(C)CCCCC1=O. The molecule has 0 aliphatic heterocycles. The third-order valence-electron chi connectivity index (χ3n) is 3.40. The van der Waals surface area contributed by atoms with E-state index in [0.717, 1.165) is 25.0 Å². The lowest BCUT2D eigenvalue weighted by Gasteiger charge is -2.31. The third kappa shape index (κ3) is 3.88. The van der Waals surface area contributed by atoms with Gasteiger partial charge >= 0.3 is 6.09 Å². The molecule has 1 rings (SSSR count). The van der Waals surface area contributed by atoms with E-state index in [1.165, 1.54) is 7.11 Å². The Morgan fingerprint density at radius 3 is 2.82 bits per heavy atom. The highest BCUT2D eigenvalue weighted by Crippen LogP contribution is 2.36. The van der Waals surface area contributed by atoms with E-state index in [9.17, 15) is 9.59 Å². The molecule has 4 nitrogen and oxygen atoms in total. The molecule has 0 saturated heterocycles. The second-order valence-corrected chi connectivity index (χ2v) is 4.90. The number of hydrogen-bond acceptors (Lipinski definition) is 3. The van der Waals surface area contributed by atoms with Crippen LogP contribution in [0.5, 0.6) is 0 Å². The molecule has 0 aromatic carbocycles. The van der Waals surface area contributed by atoms with Crippen LogP contribution in [0.1, 0.15) is 46.0 Å². The number of ketones is 1. The van der Waals surface area contributed by atoms with E-state index >= 15 is 0 Å². The highest BCUT2D eigenvalue weighted by Gasteiger charge is 2.33. The maximum atomic E-state index is 11.9. The van der Waals surface area contributed by atoms with Gasteiger partial charge in [0.2, 0.25) is 0 Å². The van der Waals surface area contributed by atoms with Gasteiger partial charge in [0, 0.05) is 17.5 Å². The van der Waals surface area contributed by atoms with E-state index in [-0.39, 0.29) is 5.41 Å². The van der Waals surface area contributed by atoms with Crippen LogP contribution in [0.25, 0.3) is 0 Å². The molecule has 0 spiro atoms. The van der Waals surface area contributed by atoms with Crippen molar-refractivity contribution in [1.29, 1.82) is 0 Å². The van der Waals surface area contributed by atoms with Gasteiger partial charge in [-0.25, -0.2) is 4.79 Å². The molecule has 0 bridgehead atoms. The molecule has 17 heavy (non-hydrogen) atoms. The summed E-state index contributed by atoms with van der Waals surface area (Å²) in [5.41, 5.74) is 0.480. The summed E-state index contributed by atoms with van der Waals surface area (Å²) in [6.45, 7) is 3.81. The average Bonchev–Trinajstić information content (AvgIpc) is 2.31. The second-order valence-electron chi connectivity index (χ2n) is 4.90. The number of nitrogens with one attached hydrogen (secondary N) is 1. The number of alkyl carbamates (subject to hydrolysis) is 1. The number of carbonyl (C=O) groups is 2. The average molecular weight is 239 g/mol. The van der Waals surface area contributed by atoms with Gasteiger partial charge in [-0.2, -0.15) is 0 Å². The Kier molecular flexibility index (Phi) is 4.73. The Hall–Kier alpha value is -1.32. The Bertz CT molecular complexity index is 336. The molecule has 1 fully saturated rings. The molecule has 1 amide bonds. The fraction of sp³-hybridized carbons (Fsp3) is 0.692. The van der Waals surface area contributed by atoms with Crippen LogP contribution in [-0.2, 0) is 9.53 Å². The first-order valence-corrected chi connectivity index (χ1v) is 6.03. The first-order chi connectivity index (χ1) is 7.98. The van der Waals surface area contributed by atoms with Gasteiger partial charge in [-0.1, -0.05) is 19.4 Å². The standard InChI is InChI=1S/C13H21NO3/c1-10(14-12(16)17-3)7-9-13(2)8-5-4-6-11(13)15/h7H,4-6,8-9H2,1-3H3,(H,14,16)/b10-7-. The summed E-state index contributed by atoms with van der Waals surface area (Å²) in [6, 6.07) is 0. The number of amides is 1. The fourth-order valence-corrected chi connectivity index (χ4v) is 2.10. The van der Waals surface area contributed by atoms with E-state index < -0.39 is 6.09 Å². The molecule has 1 atom stereocenters. The zero-order valence-corrected chi connectivity index (χ0v) is 10.8. The van der Waals surface area contributed by atoms with Crippen molar-refractivity contribution in [3.63, 3.8) is 0 Å². The Labute approximate surface area is 102 Å². The van der Waals surface area contributed by atoms with E-state index in [0.29, 0.717) is 18.6 Å². The van der Waals surface area contributed by atoms with Crippen molar-refractivity contribution in [2.24, 2.45) is 5.41 Å². The summed E-state index contributed by atoms with van der Waals surface area (Å²) in [6.07, 6.45) is 5.86. The van der Waals surface area contributed by atoms with Crippen molar-refractivity contribution in [2.45, 2.75) is 46.0 Å². The van der Waals surface area contributed by atoms with Crippen LogP contribution in [0.2, 0.25) is 0 Å². The molecule has 1 aliphatic carbocycles. The quantitative estimate of drug-likeness (QED) is 0.824. The van der Waals surface area contributed by atoms with Gasteiger partial charge in [0.1, 0.15) is 5.78 Å². The van der Waals surface area contributed by atoms with E-state index in [1.54, 1.807) is 6.92 Å². The number of methoxy groups -OCH3 is 1. The maximum absolute atomic E-state index is 11.9. The Morgan fingerprint density at radius 1 is 1.53 bits per heavy atom. The number of allylic oxidation sites excluding steroid dienone is 2. The predicted molar refractivity (Wildman–Crippen MR) is 65.5 cm³/mol. The summed E-state index contributed by atoms with van der Waals surface area (Å²) in [7, 11) is 1.33. The van der Waals surface area contributed by atoms with Gasteiger partial charge in [-0.3, -0.25) is 10.1 Å². The topological polar surface area (TPSA) is 55.4 Å². The number of ether oxygens (including phenoxy) is 1. The Balaban J connectivity index is 2.55. The van der Waals surface area contributed by atoms with Crippen LogP contribution in [0.15, 0.2) is 11.8 Å². The molecule has 1 unspecified atom stereocenters. The number of hydrogen-bond donors (Lipinski definition) is 1. The highest BCUT2D eigenvalue weighted by molar-refractivity contribution is 5.85. The van der Waals surface area contributed by atoms with Gasteiger partial charge in [0.05, 0.1) is 7.11 Å². The lowest BCUT2D eigenvalue weighted by molar-refractivity contribution is -0.130. The Morgan fingerprint density at radius 2 is 2.24 bits per heavy atom. The summed E-state index contributed by atoms with van der Waals surface area (Å²) in [5.74, 6) is 0.339. The zero-order chi connectivity index (χ0) is 12.9. The van der Waals surface area contributed by atoms with Gasteiger partial charge in [-0.05, 0) is 26.2 Å². The predicted octanol–water partition coefficient (Wildman–Crippen LogP) is 2.79. The van der Waals surface area contributed by atoms with Crippen LogP contribution in [0.3, 0.4) is 0 Å². The molecular formula is C13H21NO3. The fourth-order valence-electron chi connectivity index (χ4n) is 2.10. The largest absolute Gasteiger partial charge is 0.453 e. The molecule has 96 valence electrons. The van der Waals surface area contributed by atoms with Crippen molar-refractivity contribution in [2.75, 3.05) is 7.11 Å². The minimum absolute atomic E-state index is 0.253. The van der Waals surface area contributed by atoms with Gasteiger partial charge in [-0.15, -0.1) is 0 Å². The van der Waals surface area contributed by atoms with Gasteiger partial charge in [0.15, 0.2) is 0 Å². The molecule has 0 aromatic heterocycles. The smallest absolute Gasteiger partial charge is 0.411 e. The summed E-state index contributed by atoms with van der Waals surface area (Å²) in [5, 5.41) is 2.59. The first-order valence-electron chi connectivity index (χ1n) is 6.03.